The zero-order chi connectivity index (χ0) is 19.6. The third-order valence-electron chi connectivity index (χ3n) is 4.22. The predicted molar refractivity (Wildman–Crippen MR) is 91.0 cm³/mol. The van der Waals surface area contributed by atoms with Gasteiger partial charge in [-0.3, -0.25) is 4.79 Å². The largest absolute Gasteiger partial charge is 0.491 e. The number of anilines is 1. The number of hydrogen-bond donors (Lipinski definition) is 3. The van der Waals surface area contributed by atoms with Gasteiger partial charge in [0.2, 0.25) is 5.91 Å². The second-order valence-corrected chi connectivity index (χ2v) is 5.95. The first-order valence-corrected chi connectivity index (χ1v) is 8.02. The summed E-state index contributed by atoms with van der Waals surface area (Å²) in [5.74, 6) is -3.94. The van der Waals surface area contributed by atoms with Crippen LogP contribution in [0.2, 0.25) is 0 Å². The van der Waals surface area contributed by atoms with Crippen LogP contribution < -0.4 is 20.7 Å². The first kappa shape index (κ1) is 18.6. The fraction of sp³-hybridized carbons (Fsp3) is 0.222. The van der Waals surface area contributed by atoms with E-state index in [1.165, 1.54) is 24.3 Å². The highest BCUT2D eigenvalue weighted by Gasteiger charge is 2.37. The molecule has 3 amide bonds. The van der Waals surface area contributed by atoms with Crippen molar-refractivity contribution in [1.82, 2.24) is 10.6 Å². The van der Waals surface area contributed by atoms with Gasteiger partial charge in [0.1, 0.15) is 11.9 Å². The molecular formula is C18H16F3N3O3. The molecule has 0 aliphatic carbocycles. The lowest BCUT2D eigenvalue weighted by Crippen LogP contribution is -2.44. The van der Waals surface area contributed by atoms with Crippen LogP contribution in [0.5, 0.6) is 5.75 Å². The maximum atomic E-state index is 14.0. The molecule has 0 radical (unpaired) electrons. The van der Waals surface area contributed by atoms with Crippen molar-refractivity contribution in [3.63, 3.8) is 0 Å². The third-order valence-corrected chi connectivity index (χ3v) is 4.22. The standard InChI is InChI=1S/C18H16F3N3O3/c1-27-16-13(20)6-9(7-14(16)21)12-8-22-17(25)15(12)24-18(26)23-11-4-2-10(19)3-5-11/h2-7,12,15H,8H2,1H3,(H,22,25)(H2,23,24,26). The number of carbonyl (C=O) groups excluding carboxylic acids is 2. The molecule has 1 aliphatic heterocycles. The first-order chi connectivity index (χ1) is 12.9. The number of ether oxygens (including phenoxy) is 1. The SMILES string of the molecule is COc1c(F)cc(C2CNC(=O)C2NC(=O)Nc2ccc(F)cc2)cc1F. The van der Waals surface area contributed by atoms with Crippen molar-refractivity contribution >= 4 is 17.6 Å². The van der Waals surface area contributed by atoms with Crippen LogP contribution in [0.4, 0.5) is 23.7 Å². The molecule has 2 aromatic rings. The van der Waals surface area contributed by atoms with Crippen molar-refractivity contribution in [2.75, 3.05) is 19.0 Å². The zero-order valence-electron chi connectivity index (χ0n) is 14.2. The second kappa shape index (κ2) is 7.56. The third kappa shape index (κ3) is 3.97. The van der Waals surface area contributed by atoms with E-state index in [2.05, 4.69) is 20.7 Å². The summed E-state index contributed by atoms with van der Waals surface area (Å²) in [4.78, 5) is 24.2. The van der Waals surface area contributed by atoms with E-state index >= 15 is 0 Å². The van der Waals surface area contributed by atoms with Crippen LogP contribution in [0, 0.1) is 17.5 Å². The van der Waals surface area contributed by atoms with E-state index in [-0.39, 0.29) is 12.1 Å². The van der Waals surface area contributed by atoms with Gasteiger partial charge in [0.15, 0.2) is 17.4 Å². The summed E-state index contributed by atoms with van der Waals surface area (Å²) in [5, 5.41) is 7.50. The Morgan fingerprint density at radius 2 is 1.78 bits per heavy atom. The van der Waals surface area contributed by atoms with Crippen molar-refractivity contribution in [2.24, 2.45) is 0 Å². The molecule has 142 valence electrons. The van der Waals surface area contributed by atoms with E-state index in [0.29, 0.717) is 5.69 Å². The fourth-order valence-corrected chi connectivity index (χ4v) is 2.93. The number of hydrogen-bond acceptors (Lipinski definition) is 3. The zero-order valence-corrected chi connectivity index (χ0v) is 14.2. The molecule has 0 aromatic heterocycles. The molecule has 9 heteroatoms. The number of urea groups is 1. The van der Waals surface area contributed by atoms with Crippen LogP contribution in [-0.2, 0) is 4.79 Å². The average molecular weight is 379 g/mol. The quantitative estimate of drug-likeness (QED) is 0.764. The highest BCUT2D eigenvalue weighted by molar-refractivity contribution is 5.95. The predicted octanol–water partition coefficient (Wildman–Crippen LogP) is 2.52. The lowest BCUT2D eigenvalue weighted by molar-refractivity contribution is -0.120. The molecule has 2 atom stereocenters. The van der Waals surface area contributed by atoms with Gasteiger partial charge < -0.3 is 20.7 Å². The van der Waals surface area contributed by atoms with Crippen molar-refractivity contribution in [3.05, 3.63) is 59.4 Å². The number of halogens is 3. The molecule has 0 saturated carbocycles. The van der Waals surface area contributed by atoms with Crippen molar-refractivity contribution in [3.8, 4) is 5.75 Å². The van der Waals surface area contributed by atoms with Gasteiger partial charge in [-0.1, -0.05) is 0 Å². The van der Waals surface area contributed by atoms with Gasteiger partial charge >= 0.3 is 6.03 Å². The van der Waals surface area contributed by atoms with Gasteiger partial charge in [0, 0.05) is 18.2 Å². The lowest BCUT2D eigenvalue weighted by atomic mass is 9.93. The number of amides is 3. The molecule has 0 bridgehead atoms. The number of carbonyl (C=O) groups is 2. The molecule has 1 saturated heterocycles. The average Bonchev–Trinajstić information content (AvgIpc) is 2.97. The highest BCUT2D eigenvalue weighted by Crippen LogP contribution is 2.30. The van der Waals surface area contributed by atoms with Gasteiger partial charge in [0.25, 0.3) is 0 Å². The molecule has 6 nitrogen and oxygen atoms in total. The minimum atomic E-state index is -1.03. The summed E-state index contributed by atoms with van der Waals surface area (Å²) >= 11 is 0. The molecule has 2 aromatic carbocycles. The summed E-state index contributed by atoms with van der Waals surface area (Å²) in [6, 6.07) is 5.46. The molecule has 1 aliphatic rings. The molecule has 3 rings (SSSR count). The van der Waals surface area contributed by atoms with Crippen LogP contribution >= 0.6 is 0 Å². The first-order valence-electron chi connectivity index (χ1n) is 8.02. The maximum absolute atomic E-state index is 14.0. The van der Waals surface area contributed by atoms with Crippen LogP contribution in [0.15, 0.2) is 36.4 Å². The summed E-state index contributed by atoms with van der Waals surface area (Å²) in [6.07, 6.45) is 0. The van der Waals surface area contributed by atoms with Crippen LogP contribution in [0.25, 0.3) is 0 Å². The normalized spacial score (nSPS) is 18.7. The summed E-state index contributed by atoms with van der Waals surface area (Å²) in [6.45, 7) is 0.103. The van der Waals surface area contributed by atoms with Gasteiger partial charge in [-0.25, -0.2) is 18.0 Å². The number of benzene rings is 2. The summed E-state index contributed by atoms with van der Waals surface area (Å²) < 4.78 is 45.5. The second-order valence-electron chi connectivity index (χ2n) is 5.95. The minimum absolute atomic E-state index is 0.103. The van der Waals surface area contributed by atoms with Crippen LogP contribution in [0.3, 0.4) is 0 Å². The summed E-state index contributed by atoms with van der Waals surface area (Å²) in [7, 11) is 1.14. The van der Waals surface area contributed by atoms with E-state index in [4.69, 9.17) is 0 Å². The molecular weight excluding hydrogens is 363 g/mol. The Bertz CT molecular complexity index is 851. The molecule has 3 N–H and O–H groups in total. The highest BCUT2D eigenvalue weighted by atomic mass is 19.1. The Hall–Kier alpha value is -3.23. The summed E-state index contributed by atoms with van der Waals surface area (Å²) in [5.41, 5.74) is 0.529. The van der Waals surface area contributed by atoms with Gasteiger partial charge in [-0.05, 0) is 42.0 Å². The van der Waals surface area contributed by atoms with E-state index in [9.17, 15) is 22.8 Å². The fourth-order valence-electron chi connectivity index (χ4n) is 2.93. The van der Waals surface area contributed by atoms with Crippen molar-refractivity contribution in [1.29, 1.82) is 0 Å². The van der Waals surface area contributed by atoms with Gasteiger partial charge in [0.05, 0.1) is 7.11 Å². The Morgan fingerprint density at radius 3 is 2.37 bits per heavy atom. The van der Waals surface area contributed by atoms with E-state index < -0.39 is 47.1 Å². The van der Waals surface area contributed by atoms with E-state index in [1.54, 1.807) is 0 Å². The Morgan fingerprint density at radius 1 is 1.15 bits per heavy atom. The van der Waals surface area contributed by atoms with Crippen LogP contribution in [-0.4, -0.2) is 31.6 Å². The molecule has 2 unspecified atom stereocenters. The monoisotopic (exact) mass is 379 g/mol. The number of rotatable bonds is 4. The Balaban J connectivity index is 1.76. The molecule has 1 heterocycles. The van der Waals surface area contributed by atoms with Crippen LogP contribution in [0.1, 0.15) is 11.5 Å². The Labute approximate surface area is 152 Å². The molecule has 1 fully saturated rings. The van der Waals surface area contributed by atoms with Gasteiger partial charge in [-0.2, -0.15) is 0 Å². The maximum Gasteiger partial charge on any atom is 0.319 e. The lowest BCUT2D eigenvalue weighted by Gasteiger charge is -2.19. The van der Waals surface area contributed by atoms with E-state index in [0.717, 1.165) is 19.2 Å². The molecule has 27 heavy (non-hydrogen) atoms. The smallest absolute Gasteiger partial charge is 0.319 e. The topological polar surface area (TPSA) is 79.5 Å². The number of nitrogens with one attached hydrogen (secondary N) is 3. The molecule has 0 spiro atoms. The van der Waals surface area contributed by atoms with E-state index in [1.807, 2.05) is 0 Å². The van der Waals surface area contributed by atoms with Crippen molar-refractivity contribution in [2.45, 2.75) is 12.0 Å². The number of methoxy groups -OCH3 is 1. The van der Waals surface area contributed by atoms with Crippen molar-refractivity contribution < 1.29 is 27.5 Å². The minimum Gasteiger partial charge on any atom is -0.491 e. The Kier molecular flexibility index (Phi) is 5.20. The van der Waals surface area contributed by atoms with Gasteiger partial charge in [-0.15, -0.1) is 0 Å².